The van der Waals surface area contributed by atoms with Crippen LogP contribution in [0, 0.1) is 0 Å². The molecule has 0 bridgehead atoms. The van der Waals surface area contributed by atoms with Gasteiger partial charge in [0.05, 0.1) is 7.11 Å². The third-order valence-corrected chi connectivity index (χ3v) is 3.71. The van der Waals surface area contributed by atoms with E-state index in [4.69, 9.17) is 4.74 Å². The van der Waals surface area contributed by atoms with Gasteiger partial charge in [-0.1, -0.05) is 24.3 Å². The van der Waals surface area contributed by atoms with E-state index < -0.39 is 7.81 Å². The summed E-state index contributed by atoms with van der Waals surface area (Å²) in [7, 11) is -8.98. The number of hydrogen-bond acceptors (Lipinski definition) is 3. The van der Waals surface area contributed by atoms with E-state index in [1.165, 1.54) is 11.1 Å². The van der Waals surface area contributed by atoms with Gasteiger partial charge in [-0.25, -0.2) is 0 Å². The Morgan fingerprint density at radius 3 is 1.56 bits per heavy atom. The van der Waals surface area contributed by atoms with Crippen molar-refractivity contribution in [2.45, 2.75) is 11.5 Å². The van der Waals surface area contributed by atoms with Crippen molar-refractivity contribution in [3.8, 4) is 11.5 Å². The maximum atomic E-state index is 9.87. The van der Waals surface area contributed by atoms with E-state index in [1.54, 1.807) is 19.2 Å². The van der Waals surface area contributed by atoms with Crippen LogP contribution in [0.2, 0.25) is 0 Å². The van der Waals surface area contributed by atoms with Crippen LogP contribution in [0.15, 0.2) is 48.5 Å². The minimum absolute atomic E-state index is 0. The Morgan fingerprint density at radius 2 is 1.20 bits per heavy atom. The molecule has 2 nitrogen and oxygen atoms in total. The molecule has 0 saturated carbocycles. The monoisotopic (exact) mass is 406 g/mol. The summed E-state index contributed by atoms with van der Waals surface area (Å²) >= 11 is 1.86. The molecule has 0 aliphatic heterocycles. The van der Waals surface area contributed by atoms with Gasteiger partial charge in [-0.2, -0.15) is 11.8 Å². The van der Waals surface area contributed by atoms with Gasteiger partial charge in [0.25, 0.3) is 0 Å². The van der Waals surface area contributed by atoms with E-state index in [9.17, 15) is 30.3 Å². The molecular weight excluding hydrogens is 389 g/mol. The zero-order chi connectivity index (χ0) is 19.2. The number of methoxy groups -OCH3 is 1. The van der Waals surface area contributed by atoms with Crippen LogP contribution in [0.25, 0.3) is 0 Å². The molecular formula is C15H17F6O2PS. The molecule has 0 heterocycles. The van der Waals surface area contributed by atoms with Crippen LogP contribution in [0.1, 0.15) is 12.6 Å². The van der Waals surface area contributed by atoms with Crippen molar-refractivity contribution in [3.05, 3.63) is 59.7 Å². The molecule has 0 atom stereocenters. The van der Waals surface area contributed by atoms with Crippen LogP contribution in [-0.4, -0.2) is 12.2 Å². The smallest absolute Gasteiger partial charge is 1.00 e. The van der Waals surface area contributed by atoms with Crippen molar-refractivity contribution in [1.82, 2.24) is 0 Å². The number of benzene rings is 2. The van der Waals surface area contributed by atoms with Crippen LogP contribution in [-0.2, 0) is 11.5 Å². The van der Waals surface area contributed by atoms with Gasteiger partial charge in [-0.3, -0.25) is 0 Å². The fourth-order valence-electron chi connectivity index (χ4n) is 1.60. The molecule has 0 spiro atoms. The van der Waals surface area contributed by atoms with Crippen LogP contribution in [0.3, 0.4) is 0 Å². The molecule has 0 saturated heterocycles. The molecule has 25 heavy (non-hydrogen) atoms. The Bertz CT molecular complexity index is 666. The second kappa shape index (κ2) is 7.33. The first-order chi connectivity index (χ1) is 11.2. The summed E-state index contributed by atoms with van der Waals surface area (Å²) in [5.74, 6) is 3.14. The Kier molecular flexibility index (Phi) is 6.29. The topological polar surface area (TPSA) is 29.5 Å². The van der Waals surface area contributed by atoms with E-state index >= 15 is 0 Å². The number of ether oxygens (including phenoxy) is 1. The molecule has 0 radical (unpaired) electrons. The summed E-state index contributed by atoms with van der Waals surface area (Å²) in [6, 6.07) is 15.5. The average molecular weight is 406 g/mol. The van der Waals surface area contributed by atoms with Gasteiger partial charge in [-0.15, -0.1) is 0 Å². The Hall–Kier alpha value is -1.60. The van der Waals surface area contributed by atoms with Gasteiger partial charge >= 0.3 is 34.4 Å². The molecule has 1 N–H and O–H groups in total. The maximum Gasteiger partial charge on any atom is 1.00 e. The van der Waals surface area contributed by atoms with Crippen molar-refractivity contribution >= 4 is 19.6 Å². The van der Waals surface area contributed by atoms with Gasteiger partial charge < -0.3 is 9.84 Å². The second-order valence-corrected chi connectivity index (χ2v) is 7.87. The minimum Gasteiger partial charge on any atom is 1.00 e. The Labute approximate surface area is 146 Å². The minimum atomic E-state index is -10.7. The Balaban J connectivity index is 0.000000673. The molecule has 0 fully saturated rings. The first-order valence-electron chi connectivity index (χ1n) is 6.78. The molecule has 0 aromatic heterocycles. The molecule has 142 valence electrons. The summed E-state index contributed by atoms with van der Waals surface area (Å²) in [5.41, 5.74) is 2.52. The fraction of sp³-hybridized carbons (Fsp3) is 0.200. The number of rotatable bonds is 5. The molecule has 0 amide bonds. The molecule has 10 heteroatoms. The van der Waals surface area contributed by atoms with Gasteiger partial charge in [-0.05, 0) is 35.4 Å². The van der Waals surface area contributed by atoms with Crippen molar-refractivity contribution in [2.75, 3.05) is 7.11 Å². The van der Waals surface area contributed by atoms with Gasteiger partial charge in [0.15, 0.2) is 0 Å². The van der Waals surface area contributed by atoms with Crippen molar-refractivity contribution < 1.29 is 36.5 Å². The van der Waals surface area contributed by atoms with Crippen LogP contribution >= 0.6 is 19.6 Å². The molecule has 2 rings (SSSR count). The predicted molar refractivity (Wildman–Crippen MR) is 90.8 cm³/mol. The maximum absolute atomic E-state index is 10.7. The third-order valence-electron chi connectivity index (χ3n) is 2.63. The van der Waals surface area contributed by atoms with Crippen molar-refractivity contribution in [3.63, 3.8) is 0 Å². The quantitative estimate of drug-likeness (QED) is 0.416. The normalized spacial score (nSPS) is 13.9. The number of phenols is 1. The van der Waals surface area contributed by atoms with E-state index in [0.717, 1.165) is 17.3 Å². The molecule has 2 aromatic carbocycles. The summed E-state index contributed by atoms with van der Waals surface area (Å²) in [4.78, 5) is 0. The molecule has 0 aliphatic carbocycles. The van der Waals surface area contributed by atoms with E-state index in [-0.39, 0.29) is 1.43 Å². The van der Waals surface area contributed by atoms with Crippen molar-refractivity contribution in [2.24, 2.45) is 0 Å². The number of halogens is 6. The zero-order valence-corrected chi connectivity index (χ0v) is 14.7. The molecule has 0 unspecified atom stereocenters. The van der Waals surface area contributed by atoms with Crippen LogP contribution in [0.4, 0.5) is 25.2 Å². The number of phenolic OH excluding ortho intramolecular Hbond substituents is 1. The fourth-order valence-corrected chi connectivity index (χ4v) is 2.56. The van der Waals surface area contributed by atoms with Crippen LogP contribution in [0.5, 0.6) is 11.5 Å². The summed E-state index contributed by atoms with van der Waals surface area (Å²) in [6.07, 6.45) is 0. The van der Waals surface area contributed by atoms with Gasteiger partial charge in [0.1, 0.15) is 11.5 Å². The van der Waals surface area contributed by atoms with Gasteiger partial charge in [0.2, 0.25) is 0 Å². The number of thioether (sulfide) groups is 1. The summed E-state index contributed by atoms with van der Waals surface area (Å²) < 4.78 is 64.3. The van der Waals surface area contributed by atoms with E-state index in [0.29, 0.717) is 5.75 Å². The first kappa shape index (κ1) is 21.4. The van der Waals surface area contributed by atoms with Crippen LogP contribution < -0.4 is 4.74 Å². The summed E-state index contributed by atoms with van der Waals surface area (Å²) in [6.45, 7) is 0. The molecule has 0 aliphatic rings. The van der Waals surface area contributed by atoms with Crippen molar-refractivity contribution in [1.29, 1.82) is 0 Å². The Morgan fingerprint density at radius 1 is 0.840 bits per heavy atom. The second-order valence-electron chi connectivity index (χ2n) is 4.97. The third kappa shape index (κ3) is 13.4. The standard InChI is InChI=1S/C15H16O2S.F6P/c1-17-15-8-4-13(5-9-15)11-18-10-12-2-6-14(16)7-3-12;1-7(2,3,4,5)6/h2-9,16H,10-11H2,1H3;/q;-1/p+1. The average Bonchev–Trinajstić information content (AvgIpc) is 2.47. The predicted octanol–water partition coefficient (Wildman–Crippen LogP) is 7.33. The SMILES string of the molecule is COc1ccc(CSCc2ccc(O)cc2)cc1.F[P-](F)(F)(F)(F)F.[H+]. The zero-order valence-electron chi connectivity index (χ0n) is 14.0. The first-order valence-corrected chi connectivity index (χ1v) is 9.96. The summed E-state index contributed by atoms with van der Waals surface area (Å²) in [5, 5.41) is 9.19. The van der Waals surface area contributed by atoms with E-state index in [1.807, 2.05) is 36.0 Å². The van der Waals surface area contributed by atoms with E-state index in [2.05, 4.69) is 12.1 Å². The number of aromatic hydroxyl groups is 1. The largest absolute Gasteiger partial charge is 1.00 e. The number of hydrogen-bond donors (Lipinski definition) is 1. The molecule has 2 aromatic rings. The van der Waals surface area contributed by atoms with Gasteiger partial charge in [0, 0.05) is 11.5 Å².